The summed E-state index contributed by atoms with van der Waals surface area (Å²) >= 11 is 0. The van der Waals surface area contributed by atoms with E-state index in [1.807, 2.05) is 29.2 Å². The van der Waals surface area contributed by atoms with E-state index in [9.17, 15) is 22.8 Å². The highest BCUT2D eigenvalue weighted by Gasteiger charge is 2.40. The van der Waals surface area contributed by atoms with Crippen LogP contribution in [-0.2, 0) is 12.6 Å². The van der Waals surface area contributed by atoms with Crippen molar-refractivity contribution in [3.8, 4) is 5.69 Å². The van der Waals surface area contributed by atoms with Gasteiger partial charge in [0.2, 0.25) is 0 Å². The summed E-state index contributed by atoms with van der Waals surface area (Å²) in [6.45, 7) is 3.16. The molecule has 1 saturated heterocycles. The van der Waals surface area contributed by atoms with Gasteiger partial charge in [0.25, 0.3) is 11.8 Å². The molecular formula is C28H27F3N6O2. The zero-order valence-electron chi connectivity index (χ0n) is 21.2. The number of amides is 2. The maximum Gasteiger partial charge on any atom is 0.434 e. The lowest BCUT2D eigenvalue weighted by Crippen LogP contribution is -2.39. The van der Waals surface area contributed by atoms with Gasteiger partial charge in [0.15, 0.2) is 5.69 Å². The molecule has 4 aromatic rings. The molecule has 5 rings (SSSR count). The topological polar surface area (TPSA) is 85.0 Å². The van der Waals surface area contributed by atoms with Gasteiger partial charge >= 0.3 is 6.18 Å². The van der Waals surface area contributed by atoms with Gasteiger partial charge < -0.3 is 10.2 Å². The predicted octanol–water partition coefficient (Wildman–Crippen LogP) is 5.38. The van der Waals surface area contributed by atoms with Crippen molar-refractivity contribution in [3.63, 3.8) is 0 Å². The minimum atomic E-state index is -4.80. The van der Waals surface area contributed by atoms with E-state index in [2.05, 4.69) is 22.4 Å². The van der Waals surface area contributed by atoms with Crippen LogP contribution in [0.3, 0.4) is 0 Å². The number of hydrogen-bond acceptors (Lipinski definition) is 4. The molecule has 1 aliphatic rings. The Bertz CT molecular complexity index is 1450. The van der Waals surface area contributed by atoms with Gasteiger partial charge in [-0.1, -0.05) is 37.3 Å². The SMILES string of the molecule is CCc1ccc(C(=O)N2CCC(n3cc(NC(=O)c4cnn(-c5ccccc5)c4C(F)(F)F)cn3)CC2)cc1. The molecule has 3 heterocycles. The Hall–Kier alpha value is -4.41. The van der Waals surface area contributed by atoms with E-state index >= 15 is 0 Å². The average Bonchev–Trinajstić information content (AvgIpc) is 3.61. The fourth-order valence-electron chi connectivity index (χ4n) is 4.75. The Morgan fingerprint density at radius 1 is 0.974 bits per heavy atom. The summed E-state index contributed by atoms with van der Waals surface area (Å²) in [5, 5.41) is 10.7. The standard InChI is InChI=1S/C28H27F3N6O2/c1-2-19-8-10-20(11-9-19)27(39)35-14-12-22(13-15-35)36-18-21(16-32-36)34-26(38)24-17-33-37(25(24)28(29,30)31)23-6-4-3-5-7-23/h3-11,16-18,22H,2,12-15H2,1H3,(H,34,38). The molecule has 0 radical (unpaired) electrons. The number of alkyl halides is 3. The zero-order chi connectivity index (χ0) is 27.6. The van der Waals surface area contributed by atoms with Gasteiger partial charge in [-0.15, -0.1) is 0 Å². The number of para-hydroxylation sites is 1. The first-order valence-electron chi connectivity index (χ1n) is 12.7. The van der Waals surface area contributed by atoms with Gasteiger partial charge in [-0.3, -0.25) is 14.3 Å². The van der Waals surface area contributed by atoms with Gasteiger partial charge in [0.1, 0.15) is 0 Å². The van der Waals surface area contributed by atoms with E-state index in [0.29, 0.717) is 36.2 Å². The molecule has 1 aliphatic heterocycles. The lowest BCUT2D eigenvalue weighted by atomic mass is 10.0. The summed E-state index contributed by atoms with van der Waals surface area (Å²) in [5.74, 6) is -0.945. The highest BCUT2D eigenvalue weighted by Crippen LogP contribution is 2.34. The smallest absolute Gasteiger partial charge is 0.338 e. The van der Waals surface area contributed by atoms with Crippen LogP contribution < -0.4 is 5.32 Å². The third-order valence-electron chi connectivity index (χ3n) is 6.88. The van der Waals surface area contributed by atoms with Crippen LogP contribution in [0.2, 0.25) is 0 Å². The molecule has 8 nitrogen and oxygen atoms in total. The molecule has 0 saturated carbocycles. The molecule has 2 aromatic heterocycles. The van der Waals surface area contributed by atoms with Crippen LogP contribution in [0.15, 0.2) is 73.2 Å². The third-order valence-corrected chi connectivity index (χ3v) is 6.88. The second-order valence-electron chi connectivity index (χ2n) is 9.39. The number of aromatic nitrogens is 4. The van der Waals surface area contributed by atoms with Crippen molar-refractivity contribution in [2.75, 3.05) is 18.4 Å². The van der Waals surface area contributed by atoms with Gasteiger partial charge in [0, 0.05) is 24.8 Å². The number of piperidine rings is 1. The second-order valence-corrected chi connectivity index (χ2v) is 9.39. The van der Waals surface area contributed by atoms with Crippen LogP contribution in [0.1, 0.15) is 57.8 Å². The highest BCUT2D eigenvalue weighted by atomic mass is 19.4. The fraction of sp³-hybridized carbons (Fsp3) is 0.286. The van der Waals surface area contributed by atoms with E-state index in [1.54, 1.807) is 29.1 Å². The van der Waals surface area contributed by atoms with E-state index in [1.165, 1.54) is 23.9 Å². The number of anilines is 1. The number of likely N-dealkylation sites (tertiary alicyclic amines) is 1. The van der Waals surface area contributed by atoms with E-state index < -0.39 is 23.3 Å². The van der Waals surface area contributed by atoms with Gasteiger partial charge in [-0.25, -0.2) is 4.68 Å². The quantitative estimate of drug-likeness (QED) is 0.359. The van der Waals surface area contributed by atoms with Crippen molar-refractivity contribution in [3.05, 3.63) is 95.6 Å². The van der Waals surface area contributed by atoms with Crippen LogP contribution in [0, 0.1) is 0 Å². The van der Waals surface area contributed by atoms with Gasteiger partial charge in [-0.05, 0) is 49.1 Å². The summed E-state index contributed by atoms with van der Waals surface area (Å²) < 4.78 is 44.2. The van der Waals surface area contributed by atoms with E-state index in [0.717, 1.165) is 12.6 Å². The molecule has 0 spiro atoms. The number of nitrogens with one attached hydrogen (secondary N) is 1. The summed E-state index contributed by atoms with van der Waals surface area (Å²) in [5.41, 5.74) is 0.558. The minimum Gasteiger partial charge on any atom is -0.338 e. The lowest BCUT2D eigenvalue weighted by Gasteiger charge is -2.32. The van der Waals surface area contributed by atoms with Crippen molar-refractivity contribution < 1.29 is 22.8 Å². The minimum absolute atomic E-state index is 0.00580. The Morgan fingerprint density at radius 2 is 1.67 bits per heavy atom. The number of hydrogen-bond donors (Lipinski definition) is 1. The molecule has 202 valence electrons. The molecule has 0 bridgehead atoms. The summed E-state index contributed by atoms with van der Waals surface area (Å²) in [7, 11) is 0. The van der Waals surface area contributed by atoms with Crippen LogP contribution in [0.25, 0.3) is 5.69 Å². The zero-order valence-corrected chi connectivity index (χ0v) is 21.2. The van der Waals surface area contributed by atoms with Crippen LogP contribution in [0.5, 0.6) is 0 Å². The third kappa shape index (κ3) is 5.57. The molecular weight excluding hydrogens is 509 g/mol. The van der Waals surface area contributed by atoms with Crippen molar-refractivity contribution in [1.82, 2.24) is 24.5 Å². The summed E-state index contributed by atoms with van der Waals surface area (Å²) in [6.07, 6.45) is 1.35. The molecule has 2 amide bonds. The van der Waals surface area contributed by atoms with Crippen LogP contribution in [-0.4, -0.2) is 49.4 Å². The van der Waals surface area contributed by atoms with Crippen molar-refractivity contribution in [1.29, 1.82) is 0 Å². The van der Waals surface area contributed by atoms with Gasteiger partial charge in [0.05, 0.1) is 35.4 Å². The average molecular weight is 537 g/mol. The van der Waals surface area contributed by atoms with E-state index in [-0.39, 0.29) is 23.3 Å². The Kier molecular flexibility index (Phi) is 7.23. The second kappa shape index (κ2) is 10.8. The van der Waals surface area contributed by atoms with Crippen LogP contribution >= 0.6 is 0 Å². The Labute approximate surface area is 223 Å². The molecule has 0 atom stereocenters. The number of aryl methyl sites for hydroxylation is 1. The molecule has 0 aliphatic carbocycles. The Balaban J connectivity index is 1.24. The maximum atomic E-state index is 13.9. The number of carbonyl (C=O) groups excluding carboxylic acids is 2. The molecule has 1 fully saturated rings. The molecule has 2 aromatic carbocycles. The molecule has 39 heavy (non-hydrogen) atoms. The highest BCUT2D eigenvalue weighted by molar-refractivity contribution is 6.05. The van der Waals surface area contributed by atoms with E-state index in [4.69, 9.17) is 0 Å². The van der Waals surface area contributed by atoms with Crippen molar-refractivity contribution in [2.45, 2.75) is 38.4 Å². The first kappa shape index (κ1) is 26.2. The fourth-order valence-corrected chi connectivity index (χ4v) is 4.75. The Morgan fingerprint density at radius 3 is 2.31 bits per heavy atom. The number of benzene rings is 2. The maximum absolute atomic E-state index is 13.9. The first-order chi connectivity index (χ1) is 18.7. The monoisotopic (exact) mass is 536 g/mol. The van der Waals surface area contributed by atoms with Crippen molar-refractivity contribution >= 4 is 17.5 Å². The largest absolute Gasteiger partial charge is 0.434 e. The molecule has 11 heteroatoms. The summed E-state index contributed by atoms with van der Waals surface area (Å²) in [4.78, 5) is 27.5. The van der Waals surface area contributed by atoms with Crippen LogP contribution in [0.4, 0.5) is 18.9 Å². The van der Waals surface area contributed by atoms with Crippen molar-refractivity contribution in [2.24, 2.45) is 0 Å². The number of nitrogens with zero attached hydrogens (tertiary/aromatic N) is 5. The summed E-state index contributed by atoms with van der Waals surface area (Å²) in [6, 6.07) is 15.4. The predicted molar refractivity (Wildman–Crippen MR) is 139 cm³/mol. The lowest BCUT2D eigenvalue weighted by molar-refractivity contribution is -0.143. The van der Waals surface area contributed by atoms with Gasteiger partial charge in [-0.2, -0.15) is 23.4 Å². The first-order valence-corrected chi connectivity index (χ1v) is 12.7. The molecule has 1 N–H and O–H groups in total. The number of carbonyl (C=O) groups is 2. The normalized spacial score (nSPS) is 14.4. The number of halogens is 3. The molecule has 0 unspecified atom stereocenters. The number of rotatable bonds is 6.